The van der Waals surface area contributed by atoms with Gasteiger partial charge in [0, 0.05) is 87.7 Å². The molecule has 1 aromatic heterocycles. The van der Waals surface area contributed by atoms with E-state index in [-0.39, 0.29) is 62.3 Å². The summed E-state index contributed by atoms with van der Waals surface area (Å²) in [5.41, 5.74) is 5.21. The molecule has 0 aliphatic carbocycles. The second-order valence-electron chi connectivity index (χ2n) is 18.5. The van der Waals surface area contributed by atoms with Gasteiger partial charge in [-0.3, -0.25) is 39.1 Å². The third-order valence-corrected chi connectivity index (χ3v) is 14.7. The van der Waals surface area contributed by atoms with Gasteiger partial charge in [-0.2, -0.15) is 0 Å². The summed E-state index contributed by atoms with van der Waals surface area (Å²) in [6.07, 6.45) is 5.51. The molecule has 7 heterocycles. The molecule has 6 aliphatic heterocycles. The highest BCUT2D eigenvalue weighted by Crippen LogP contribution is 2.52. The minimum absolute atomic E-state index is 0.0343. The fourth-order valence-corrected chi connectivity index (χ4v) is 10.9. The highest BCUT2D eigenvalue weighted by atomic mass is 19.3. The number of aromatic nitrogens is 1. The minimum atomic E-state index is -2.85. The van der Waals surface area contributed by atoms with Gasteiger partial charge in [-0.25, -0.2) is 8.78 Å². The zero-order valence-corrected chi connectivity index (χ0v) is 36.6. The first-order valence-electron chi connectivity index (χ1n) is 22.3. The van der Waals surface area contributed by atoms with Crippen LogP contribution in [0.1, 0.15) is 78.1 Å². The lowest BCUT2D eigenvalue weighted by Gasteiger charge is -2.58. The van der Waals surface area contributed by atoms with Crippen LogP contribution in [-0.2, 0) is 47.5 Å². The topological polar surface area (TPSA) is 137 Å². The number of ether oxygens (including phenoxy) is 2. The summed E-state index contributed by atoms with van der Waals surface area (Å²) >= 11 is 0. The van der Waals surface area contributed by atoms with Gasteiger partial charge in [-0.05, 0) is 105 Å². The number of aryl methyl sites for hydroxylation is 1. The normalized spacial score (nSPS) is 22.5. The number of rotatable bonds is 10. The van der Waals surface area contributed by atoms with E-state index in [2.05, 4.69) is 10.2 Å². The fraction of sp³-hybridized carbons (Fsp3) is 0.553. The first-order chi connectivity index (χ1) is 30.2. The molecule has 16 heteroatoms. The number of nitrogens with one attached hydrogen (secondary N) is 1. The molecule has 4 fully saturated rings. The molecule has 0 saturated carbocycles. The third-order valence-electron chi connectivity index (χ3n) is 14.7. The van der Waals surface area contributed by atoms with Gasteiger partial charge in [0.2, 0.25) is 17.7 Å². The van der Waals surface area contributed by atoms with E-state index in [1.807, 2.05) is 47.2 Å². The molecule has 4 amide bonds. The third kappa shape index (κ3) is 7.76. The SMILES string of the molecule is CCC(=O)N1CCc2c(-c3cc(OC)c(CN4CCC(CN5CCC6(CN(c7ccc8c(c7)CN(C7CCC(=O)NC7=O)C8=O)C6)C(F)(F)C5)CC4)c(OC)c3)cn(C)c(=O)c2C1. The van der Waals surface area contributed by atoms with Crippen molar-refractivity contribution < 1.29 is 37.4 Å². The Hall–Kier alpha value is -5.35. The van der Waals surface area contributed by atoms with Gasteiger partial charge in [-0.15, -0.1) is 0 Å². The summed E-state index contributed by atoms with van der Waals surface area (Å²) in [5.74, 6) is -2.17. The molecule has 336 valence electrons. The number of pyridine rings is 1. The lowest BCUT2D eigenvalue weighted by Crippen LogP contribution is -2.70. The van der Waals surface area contributed by atoms with E-state index in [9.17, 15) is 24.0 Å². The van der Waals surface area contributed by atoms with Crippen LogP contribution in [0.2, 0.25) is 0 Å². The Labute approximate surface area is 366 Å². The molecule has 2 aromatic carbocycles. The van der Waals surface area contributed by atoms with Crippen LogP contribution in [0.15, 0.2) is 41.3 Å². The summed E-state index contributed by atoms with van der Waals surface area (Å²) < 4.78 is 45.7. The number of carbonyl (C=O) groups excluding carboxylic acids is 4. The number of carbonyl (C=O) groups is 4. The lowest BCUT2D eigenvalue weighted by atomic mass is 9.68. The van der Waals surface area contributed by atoms with Crippen LogP contribution in [0.4, 0.5) is 14.5 Å². The second kappa shape index (κ2) is 16.6. The number of hydrogen-bond acceptors (Lipinski definition) is 10. The Morgan fingerprint density at radius 2 is 1.59 bits per heavy atom. The number of piperidine rings is 3. The second-order valence-corrected chi connectivity index (χ2v) is 18.5. The number of nitrogens with zero attached hydrogens (tertiary/aromatic N) is 6. The first-order valence-corrected chi connectivity index (χ1v) is 22.3. The molecule has 0 radical (unpaired) electrons. The summed E-state index contributed by atoms with van der Waals surface area (Å²) in [5, 5.41) is 2.32. The molecule has 14 nitrogen and oxygen atoms in total. The molecule has 6 aliphatic rings. The van der Waals surface area contributed by atoms with Gasteiger partial charge in [0.1, 0.15) is 17.5 Å². The van der Waals surface area contributed by atoms with Crippen LogP contribution in [0.3, 0.4) is 0 Å². The number of fused-ring (bicyclic) bond motifs is 2. The Bertz CT molecular complexity index is 2380. The van der Waals surface area contributed by atoms with Gasteiger partial charge in [0.05, 0.1) is 38.3 Å². The van der Waals surface area contributed by atoms with Crippen molar-refractivity contribution >= 4 is 29.3 Å². The van der Waals surface area contributed by atoms with Gasteiger partial charge in [0.15, 0.2) is 0 Å². The van der Waals surface area contributed by atoms with Gasteiger partial charge in [-0.1, -0.05) is 6.92 Å². The first kappa shape index (κ1) is 42.9. The van der Waals surface area contributed by atoms with E-state index in [1.165, 1.54) is 4.90 Å². The van der Waals surface area contributed by atoms with Crippen LogP contribution in [0.25, 0.3) is 11.1 Å². The number of likely N-dealkylation sites (tertiary alicyclic amines) is 2. The van der Waals surface area contributed by atoms with E-state index in [0.717, 1.165) is 59.4 Å². The minimum Gasteiger partial charge on any atom is -0.496 e. The number of benzene rings is 2. The number of methoxy groups -OCH3 is 2. The van der Waals surface area contributed by atoms with Crippen LogP contribution in [0, 0.1) is 11.3 Å². The molecule has 1 spiro atoms. The number of imide groups is 1. The molecule has 63 heavy (non-hydrogen) atoms. The van der Waals surface area contributed by atoms with E-state index in [0.29, 0.717) is 80.5 Å². The van der Waals surface area contributed by atoms with Crippen molar-refractivity contribution in [2.24, 2.45) is 18.4 Å². The van der Waals surface area contributed by atoms with Crippen LogP contribution < -0.4 is 25.2 Å². The molecular formula is C47H57F2N7O7. The number of anilines is 1. The van der Waals surface area contributed by atoms with Crippen molar-refractivity contribution in [1.82, 2.24) is 29.5 Å². The molecule has 1 N–H and O–H groups in total. The van der Waals surface area contributed by atoms with Crippen LogP contribution in [-0.4, -0.2) is 126 Å². The Morgan fingerprint density at radius 3 is 2.25 bits per heavy atom. The van der Waals surface area contributed by atoms with Crippen LogP contribution in [0.5, 0.6) is 11.5 Å². The van der Waals surface area contributed by atoms with Gasteiger partial charge >= 0.3 is 0 Å². The zero-order valence-electron chi connectivity index (χ0n) is 36.6. The lowest BCUT2D eigenvalue weighted by molar-refractivity contribution is -0.181. The monoisotopic (exact) mass is 869 g/mol. The van der Waals surface area contributed by atoms with Crippen molar-refractivity contribution in [3.63, 3.8) is 0 Å². The maximum Gasteiger partial charge on any atom is 0.269 e. The Kier molecular flexibility index (Phi) is 11.3. The number of amides is 4. The summed E-state index contributed by atoms with van der Waals surface area (Å²) in [7, 11) is 5.03. The molecule has 3 aromatic rings. The molecule has 1 unspecified atom stereocenters. The molecule has 4 saturated heterocycles. The standard InChI is InChI=1S/C47H57F2N7O7/c1-5-42(58)54-16-12-34-35(23-51(2)44(60)36(34)25-54)30-19-39(62-3)37(40(20-30)63-4)24-52-14-10-29(11-15-52)21-53-17-13-46(47(48,49)28-53)26-55(27-46)32-6-7-33-31(18-32)22-56(45(33)61)38-8-9-41(57)50-43(38)59/h6-7,18-20,23,29,38H,5,8-17,21-22,24-28H2,1-4H3,(H,50,57,59). The van der Waals surface area contributed by atoms with Crippen molar-refractivity contribution in [2.45, 2.75) is 83.5 Å². The summed E-state index contributed by atoms with van der Waals surface area (Å²) in [6.45, 7) is 6.69. The van der Waals surface area contributed by atoms with Crippen LogP contribution >= 0.6 is 0 Å². The Morgan fingerprint density at radius 1 is 0.857 bits per heavy atom. The van der Waals surface area contributed by atoms with Crippen molar-refractivity contribution in [3.05, 3.63) is 74.7 Å². The smallest absolute Gasteiger partial charge is 0.269 e. The average Bonchev–Trinajstić information content (AvgIpc) is 3.58. The molecule has 0 bridgehead atoms. The zero-order chi connectivity index (χ0) is 44.4. The van der Waals surface area contributed by atoms with E-state index >= 15 is 8.78 Å². The summed E-state index contributed by atoms with van der Waals surface area (Å²) in [4.78, 5) is 72.6. The average molecular weight is 870 g/mol. The summed E-state index contributed by atoms with van der Waals surface area (Å²) in [6, 6.07) is 8.74. The molecule has 9 rings (SSSR count). The number of halogens is 2. The van der Waals surface area contributed by atoms with Crippen molar-refractivity contribution in [2.75, 3.05) is 71.5 Å². The highest BCUT2D eigenvalue weighted by Gasteiger charge is 2.62. The molecular weight excluding hydrogens is 813 g/mol. The fourth-order valence-electron chi connectivity index (χ4n) is 10.9. The van der Waals surface area contributed by atoms with Crippen molar-refractivity contribution in [3.8, 4) is 22.6 Å². The van der Waals surface area contributed by atoms with E-state index < -0.39 is 23.3 Å². The van der Waals surface area contributed by atoms with Gasteiger partial charge < -0.3 is 28.7 Å². The maximum atomic E-state index is 16.1. The number of alkyl halides is 2. The quantitative estimate of drug-likeness (QED) is 0.296. The predicted octanol–water partition coefficient (Wildman–Crippen LogP) is 4.18. The van der Waals surface area contributed by atoms with E-state index in [1.54, 1.807) is 36.8 Å². The van der Waals surface area contributed by atoms with Gasteiger partial charge in [0.25, 0.3) is 17.4 Å². The maximum absolute atomic E-state index is 16.1. The van der Waals surface area contributed by atoms with E-state index in [4.69, 9.17) is 9.47 Å². The largest absolute Gasteiger partial charge is 0.496 e. The highest BCUT2D eigenvalue weighted by molar-refractivity contribution is 6.05. The molecule has 1 atom stereocenters. The Balaban J connectivity index is 0.792. The number of hydrogen-bond donors (Lipinski definition) is 1. The van der Waals surface area contributed by atoms with Crippen molar-refractivity contribution in [1.29, 1.82) is 0 Å². The predicted molar refractivity (Wildman–Crippen MR) is 231 cm³/mol.